The number of piperidine rings is 1. The molecule has 1 fully saturated rings. The van der Waals surface area contributed by atoms with Crippen LogP contribution < -0.4 is 5.32 Å². The number of benzene rings is 2. The molecule has 0 aliphatic carbocycles. The zero-order valence-electron chi connectivity index (χ0n) is 19.3. The van der Waals surface area contributed by atoms with Gasteiger partial charge in [0.1, 0.15) is 11.3 Å². The smallest absolute Gasteiger partial charge is 0.274 e. The Labute approximate surface area is 202 Å². The number of hydrogen-bond acceptors (Lipinski definition) is 5. The highest BCUT2D eigenvalue weighted by Crippen LogP contribution is 2.33. The van der Waals surface area contributed by atoms with E-state index in [1.165, 1.54) is 0 Å². The third-order valence-electron chi connectivity index (χ3n) is 6.56. The van der Waals surface area contributed by atoms with Crippen molar-refractivity contribution in [3.8, 4) is 10.4 Å². The maximum atomic E-state index is 13.8. The summed E-state index contributed by atoms with van der Waals surface area (Å²) in [6.07, 6.45) is 3.55. The maximum absolute atomic E-state index is 13.8. The molecule has 5 rings (SSSR count). The summed E-state index contributed by atoms with van der Waals surface area (Å²) in [6, 6.07) is 17.1. The van der Waals surface area contributed by atoms with Crippen LogP contribution in [0.1, 0.15) is 45.6 Å². The number of hydrogen-bond donors (Lipinski definition) is 1. The Kier molecular flexibility index (Phi) is 6.20. The Morgan fingerprint density at radius 1 is 1.15 bits per heavy atom. The molecule has 0 unspecified atom stereocenters. The third-order valence-corrected chi connectivity index (χ3v) is 7.58. The Morgan fingerprint density at radius 3 is 2.79 bits per heavy atom. The highest BCUT2D eigenvalue weighted by Gasteiger charge is 2.35. The third kappa shape index (κ3) is 4.23. The van der Waals surface area contributed by atoms with Gasteiger partial charge in [0.25, 0.3) is 11.8 Å². The predicted molar refractivity (Wildman–Crippen MR) is 134 cm³/mol. The average Bonchev–Trinajstić information content (AvgIpc) is 3.49. The van der Waals surface area contributed by atoms with E-state index in [2.05, 4.69) is 17.2 Å². The molecular weight excluding hydrogens is 446 g/mol. The number of nitrogens with one attached hydrogen (secondary N) is 1. The van der Waals surface area contributed by atoms with Gasteiger partial charge in [0, 0.05) is 18.5 Å². The lowest BCUT2D eigenvalue weighted by Gasteiger charge is -2.40. The van der Waals surface area contributed by atoms with Crippen LogP contribution in [0.25, 0.3) is 21.4 Å². The molecule has 174 valence electrons. The van der Waals surface area contributed by atoms with E-state index in [4.69, 9.17) is 4.42 Å². The monoisotopic (exact) mass is 473 g/mol. The van der Waals surface area contributed by atoms with Crippen molar-refractivity contribution < 1.29 is 14.0 Å². The van der Waals surface area contributed by atoms with Crippen molar-refractivity contribution in [3.05, 3.63) is 77.1 Å². The van der Waals surface area contributed by atoms with Crippen LogP contribution in [0.15, 0.2) is 65.3 Å². The summed E-state index contributed by atoms with van der Waals surface area (Å²) in [5.41, 5.74) is 2.76. The van der Waals surface area contributed by atoms with Gasteiger partial charge in [-0.15, -0.1) is 11.3 Å². The molecule has 0 radical (unpaired) electrons. The number of nitrogens with zero attached hydrogens (tertiary/aromatic N) is 2. The summed E-state index contributed by atoms with van der Waals surface area (Å²) < 4.78 is 5.43. The minimum Gasteiger partial charge on any atom is -0.464 e. The molecule has 0 saturated carbocycles. The number of carbonyl (C=O) groups is 2. The average molecular weight is 474 g/mol. The van der Waals surface area contributed by atoms with E-state index in [9.17, 15) is 9.59 Å². The quantitative estimate of drug-likeness (QED) is 0.413. The number of likely N-dealkylation sites (tertiary alicyclic amines) is 1. The Morgan fingerprint density at radius 2 is 1.97 bits per heavy atom. The predicted octanol–water partition coefficient (Wildman–Crippen LogP) is 5.54. The van der Waals surface area contributed by atoms with Gasteiger partial charge >= 0.3 is 0 Å². The van der Waals surface area contributed by atoms with Gasteiger partial charge in [-0.05, 0) is 49.4 Å². The van der Waals surface area contributed by atoms with Gasteiger partial charge in [-0.3, -0.25) is 9.59 Å². The van der Waals surface area contributed by atoms with Gasteiger partial charge in [-0.2, -0.15) is 0 Å². The lowest BCUT2D eigenvalue weighted by atomic mass is 9.90. The molecule has 2 aromatic carbocycles. The van der Waals surface area contributed by atoms with Crippen molar-refractivity contribution in [1.82, 2.24) is 15.2 Å². The summed E-state index contributed by atoms with van der Waals surface area (Å²) in [4.78, 5) is 34.2. The van der Waals surface area contributed by atoms with Crippen molar-refractivity contribution in [2.45, 2.75) is 32.7 Å². The molecule has 2 atom stereocenters. The molecule has 4 aromatic rings. The van der Waals surface area contributed by atoms with Crippen LogP contribution in [-0.4, -0.2) is 40.8 Å². The first-order valence-electron chi connectivity index (χ1n) is 11.6. The number of aromatic nitrogens is 1. The highest BCUT2D eigenvalue weighted by molar-refractivity contribution is 7.15. The molecule has 0 bridgehead atoms. The minimum absolute atomic E-state index is 0.0639. The zero-order chi connectivity index (χ0) is 23.7. The number of thiazole rings is 1. The molecule has 3 heterocycles. The summed E-state index contributed by atoms with van der Waals surface area (Å²) >= 11 is 1.54. The molecule has 1 saturated heterocycles. The largest absolute Gasteiger partial charge is 0.464 e. The first-order chi connectivity index (χ1) is 16.5. The van der Waals surface area contributed by atoms with Gasteiger partial charge in [-0.25, -0.2) is 4.98 Å². The lowest BCUT2D eigenvalue weighted by Crippen LogP contribution is -2.53. The molecule has 7 heteroatoms. The van der Waals surface area contributed by atoms with E-state index in [0.29, 0.717) is 29.9 Å². The number of furan rings is 1. The minimum atomic E-state index is -0.161. The lowest BCUT2D eigenvalue weighted by molar-refractivity contribution is 0.0503. The molecule has 2 aromatic heterocycles. The molecule has 1 aliphatic rings. The van der Waals surface area contributed by atoms with E-state index in [0.717, 1.165) is 33.7 Å². The van der Waals surface area contributed by atoms with Crippen LogP contribution >= 0.6 is 11.3 Å². The van der Waals surface area contributed by atoms with Gasteiger partial charge in [-0.1, -0.05) is 43.3 Å². The highest BCUT2D eigenvalue weighted by atomic mass is 32.1. The van der Waals surface area contributed by atoms with Gasteiger partial charge in [0.2, 0.25) is 0 Å². The molecule has 6 nitrogen and oxygen atoms in total. The SMILES string of the molecule is Cc1nc(C(=O)N2CCC[C@H](C)[C@@H]2CNC(=O)c2cccc3occc23)c(-c2ccccc2)s1. The molecule has 34 heavy (non-hydrogen) atoms. The van der Waals surface area contributed by atoms with Crippen molar-refractivity contribution in [1.29, 1.82) is 0 Å². The number of carbonyl (C=O) groups excluding carboxylic acids is 2. The first kappa shape index (κ1) is 22.3. The second kappa shape index (κ2) is 9.43. The van der Waals surface area contributed by atoms with Crippen LogP contribution in [0.5, 0.6) is 0 Å². The van der Waals surface area contributed by atoms with E-state index < -0.39 is 0 Å². The summed E-state index contributed by atoms with van der Waals surface area (Å²) in [5.74, 6) is 0.0419. The fraction of sp³-hybridized carbons (Fsp3) is 0.296. The van der Waals surface area contributed by atoms with Gasteiger partial charge in [0.15, 0.2) is 0 Å². The number of amides is 2. The van der Waals surface area contributed by atoms with Crippen LogP contribution in [0.2, 0.25) is 0 Å². The van der Waals surface area contributed by atoms with E-state index in [1.807, 2.05) is 54.3 Å². The zero-order valence-corrected chi connectivity index (χ0v) is 20.1. The van der Waals surface area contributed by atoms with Crippen LogP contribution in [0, 0.1) is 12.8 Å². The number of aryl methyl sites for hydroxylation is 1. The van der Waals surface area contributed by atoms with Gasteiger partial charge in [0.05, 0.1) is 27.8 Å². The molecular formula is C27H27N3O3S. The van der Waals surface area contributed by atoms with Crippen LogP contribution in [0.3, 0.4) is 0 Å². The second-order valence-electron chi connectivity index (χ2n) is 8.81. The number of rotatable bonds is 5. The summed E-state index contributed by atoms with van der Waals surface area (Å²) in [6.45, 7) is 5.13. The topological polar surface area (TPSA) is 75.4 Å². The fourth-order valence-electron chi connectivity index (χ4n) is 4.79. The van der Waals surface area contributed by atoms with Crippen molar-refractivity contribution in [2.24, 2.45) is 5.92 Å². The normalized spacial score (nSPS) is 18.2. The Bertz CT molecular complexity index is 1330. The second-order valence-corrected chi connectivity index (χ2v) is 10.0. The molecule has 2 amide bonds. The fourth-order valence-corrected chi connectivity index (χ4v) is 5.71. The maximum Gasteiger partial charge on any atom is 0.274 e. The van der Waals surface area contributed by atoms with Crippen molar-refractivity contribution >= 4 is 34.1 Å². The first-order valence-corrected chi connectivity index (χ1v) is 12.4. The Hall–Kier alpha value is -3.45. The molecule has 1 N–H and O–H groups in total. The summed E-state index contributed by atoms with van der Waals surface area (Å²) in [5, 5.41) is 4.73. The van der Waals surface area contributed by atoms with E-state index in [-0.39, 0.29) is 23.8 Å². The van der Waals surface area contributed by atoms with Crippen molar-refractivity contribution in [3.63, 3.8) is 0 Å². The van der Waals surface area contributed by atoms with E-state index >= 15 is 0 Å². The van der Waals surface area contributed by atoms with E-state index in [1.54, 1.807) is 29.7 Å². The standard InChI is InChI=1S/C27H27N3O3S/c1-17-8-7-14-30(27(32)24-25(34-18(2)29-24)19-9-4-3-5-10-19)22(17)16-28-26(31)21-11-6-12-23-20(21)13-15-33-23/h3-6,9-13,15,17,22H,7-8,14,16H2,1-2H3,(H,28,31)/t17-,22-/m0/s1. The number of fused-ring (bicyclic) bond motifs is 1. The Balaban J connectivity index is 1.38. The van der Waals surface area contributed by atoms with Gasteiger partial charge < -0.3 is 14.6 Å². The molecule has 0 spiro atoms. The van der Waals surface area contributed by atoms with Crippen LogP contribution in [-0.2, 0) is 0 Å². The van der Waals surface area contributed by atoms with Crippen LogP contribution in [0.4, 0.5) is 0 Å². The molecule has 1 aliphatic heterocycles. The summed E-state index contributed by atoms with van der Waals surface area (Å²) in [7, 11) is 0. The van der Waals surface area contributed by atoms with Crippen molar-refractivity contribution in [2.75, 3.05) is 13.1 Å².